The molecular weight excluding hydrogens is 235 g/mol. The van der Waals surface area contributed by atoms with E-state index in [4.69, 9.17) is 5.11 Å². The first kappa shape index (κ1) is 14.6. The lowest BCUT2D eigenvalue weighted by Crippen LogP contribution is -2.35. The highest BCUT2D eigenvalue weighted by Crippen LogP contribution is 2.06. The van der Waals surface area contributed by atoms with Crippen molar-refractivity contribution in [2.45, 2.75) is 19.4 Å². The molecule has 0 saturated heterocycles. The van der Waals surface area contributed by atoms with Gasteiger partial charge in [0.05, 0.1) is 12.5 Å². The first-order valence-corrected chi connectivity index (χ1v) is 5.98. The molecule has 18 heavy (non-hydrogen) atoms. The third-order valence-corrected chi connectivity index (χ3v) is 2.37. The van der Waals surface area contributed by atoms with E-state index in [1.54, 1.807) is 25.1 Å². The fraction of sp³-hybridized carbons (Fsp3) is 0.462. The van der Waals surface area contributed by atoms with Crippen LogP contribution in [0.3, 0.4) is 0 Å². The number of benzene rings is 1. The summed E-state index contributed by atoms with van der Waals surface area (Å²) in [5.74, 6) is -0.571. The van der Waals surface area contributed by atoms with Crippen LogP contribution < -0.4 is 10.6 Å². The summed E-state index contributed by atoms with van der Waals surface area (Å²) >= 11 is 0. The Morgan fingerprint density at radius 1 is 1.39 bits per heavy atom. The summed E-state index contributed by atoms with van der Waals surface area (Å²) in [6, 6.07) is 6.24. The Bertz CT molecular complexity index is 383. The molecule has 0 radical (unpaired) electrons. The summed E-state index contributed by atoms with van der Waals surface area (Å²) in [6.45, 7) is 3.21. The van der Waals surface area contributed by atoms with Crippen LogP contribution in [-0.2, 0) is 11.2 Å². The normalized spacial score (nSPS) is 12.2. The van der Waals surface area contributed by atoms with E-state index in [-0.39, 0.29) is 18.1 Å². The highest BCUT2D eigenvalue weighted by atomic mass is 19.1. The maximum absolute atomic E-state index is 13.3. The van der Waals surface area contributed by atoms with E-state index in [1.807, 2.05) is 0 Å². The largest absolute Gasteiger partial charge is 0.392 e. The van der Waals surface area contributed by atoms with Gasteiger partial charge in [-0.05, 0) is 18.6 Å². The van der Waals surface area contributed by atoms with Gasteiger partial charge >= 0.3 is 0 Å². The van der Waals surface area contributed by atoms with Gasteiger partial charge in [0.15, 0.2) is 0 Å². The zero-order chi connectivity index (χ0) is 13.4. The zero-order valence-corrected chi connectivity index (χ0v) is 10.4. The Hall–Kier alpha value is -1.46. The molecule has 1 amide bonds. The van der Waals surface area contributed by atoms with Gasteiger partial charge in [0, 0.05) is 19.6 Å². The summed E-state index contributed by atoms with van der Waals surface area (Å²) in [6.07, 6.45) is -0.359. The van der Waals surface area contributed by atoms with Crippen molar-refractivity contribution >= 4 is 5.91 Å². The van der Waals surface area contributed by atoms with Crippen LogP contribution in [-0.4, -0.2) is 36.8 Å². The molecule has 0 spiro atoms. The maximum atomic E-state index is 13.3. The predicted octanol–water partition coefficient (Wildman–Crippen LogP) is 0.455. The van der Waals surface area contributed by atoms with Gasteiger partial charge in [0.25, 0.3) is 0 Å². The lowest BCUT2D eigenvalue weighted by Gasteiger charge is -2.08. The number of carbonyl (C=O) groups is 1. The van der Waals surface area contributed by atoms with Gasteiger partial charge in [-0.3, -0.25) is 4.79 Å². The lowest BCUT2D eigenvalue weighted by molar-refractivity contribution is -0.120. The summed E-state index contributed by atoms with van der Waals surface area (Å²) in [4.78, 5) is 11.5. The lowest BCUT2D eigenvalue weighted by atomic mass is 10.1. The number of aliphatic hydroxyl groups excluding tert-OH is 1. The first-order chi connectivity index (χ1) is 8.59. The van der Waals surface area contributed by atoms with Crippen molar-refractivity contribution in [3.8, 4) is 0 Å². The van der Waals surface area contributed by atoms with Crippen LogP contribution in [0.5, 0.6) is 0 Å². The highest BCUT2D eigenvalue weighted by molar-refractivity contribution is 5.78. The standard InChI is InChI=1S/C13H19FN2O2/c1-10(17)9-15-6-7-16-13(18)8-11-4-2-3-5-12(11)14/h2-5,10,15,17H,6-9H2,1H3,(H,16,18). The van der Waals surface area contributed by atoms with Gasteiger partial charge in [-0.1, -0.05) is 18.2 Å². The van der Waals surface area contributed by atoms with Gasteiger partial charge in [-0.25, -0.2) is 4.39 Å². The Kier molecular flexibility index (Phi) is 6.32. The molecule has 0 aliphatic heterocycles. The average molecular weight is 254 g/mol. The molecular formula is C13H19FN2O2. The minimum Gasteiger partial charge on any atom is -0.392 e. The number of halogens is 1. The molecule has 0 aliphatic carbocycles. The van der Waals surface area contributed by atoms with Gasteiger partial charge in [-0.15, -0.1) is 0 Å². The molecule has 0 heterocycles. The molecule has 0 saturated carbocycles. The molecule has 1 rings (SSSR count). The smallest absolute Gasteiger partial charge is 0.224 e. The third kappa shape index (κ3) is 5.75. The molecule has 1 unspecified atom stereocenters. The quantitative estimate of drug-likeness (QED) is 0.619. The predicted molar refractivity (Wildman–Crippen MR) is 67.7 cm³/mol. The minimum atomic E-state index is -0.404. The van der Waals surface area contributed by atoms with Crippen molar-refractivity contribution in [3.05, 3.63) is 35.6 Å². The van der Waals surface area contributed by atoms with Crippen molar-refractivity contribution in [1.82, 2.24) is 10.6 Å². The van der Waals surface area contributed by atoms with E-state index in [0.29, 0.717) is 25.2 Å². The SMILES string of the molecule is CC(O)CNCCNC(=O)Cc1ccccc1F. The number of hydrogen-bond acceptors (Lipinski definition) is 3. The number of amides is 1. The van der Waals surface area contributed by atoms with E-state index >= 15 is 0 Å². The summed E-state index contributed by atoms with van der Waals surface area (Å²) < 4.78 is 13.3. The number of nitrogens with one attached hydrogen (secondary N) is 2. The summed E-state index contributed by atoms with van der Waals surface area (Å²) in [5, 5.41) is 14.7. The zero-order valence-electron chi connectivity index (χ0n) is 10.4. The van der Waals surface area contributed by atoms with E-state index in [1.165, 1.54) is 6.07 Å². The van der Waals surface area contributed by atoms with Gasteiger partial charge in [-0.2, -0.15) is 0 Å². The average Bonchev–Trinajstić information content (AvgIpc) is 2.31. The van der Waals surface area contributed by atoms with Crippen LogP contribution in [0.1, 0.15) is 12.5 Å². The van der Waals surface area contributed by atoms with E-state index in [9.17, 15) is 9.18 Å². The monoisotopic (exact) mass is 254 g/mol. The molecule has 4 nitrogen and oxygen atoms in total. The van der Waals surface area contributed by atoms with Crippen molar-refractivity contribution < 1.29 is 14.3 Å². The van der Waals surface area contributed by atoms with Crippen molar-refractivity contribution in [3.63, 3.8) is 0 Å². The fourth-order valence-corrected chi connectivity index (χ4v) is 1.48. The highest BCUT2D eigenvalue weighted by Gasteiger charge is 2.06. The molecule has 0 aromatic heterocycles. The third-order valence-electron chi connectivity index (χ3n) is 2.37. The summed E-state index contributed by atoms with van der Waals surface area (Å²) in [5.41, 5.74) is 0.395. The fourth-order valence-electron chi connectivity index (χ4n) is 1.48. The van der Waals surface area contributed by atoms with Crippen molar-refractivity contribution in [2.75, 3.05) is 19.6 Å². The molecule has 5 heteroatoms. The molecule has 3 N–H and O–H groups in total. The van der Waals surface area contributed by atoms with Crippen LogP contribution >= 0.6 is 0 Å². The van der Waals surface area contributed by atoms with E-state index < -0.39 is 6.10 Å². The number of carbonyl (C=O) groups excluding carboxylic acids is 1. The topological polar surface area (TPSA) is 61.4 Å². The second kappa shape index (κ2) is 7.79. The Labute approximate surface area is 106 Å². The Balaban J connectivity index is 2.20. The summed E-state index contributed by atoms with van der Waals surface area (Å²) in [7, 11) is 0. The molecule has 1 aromatic rings. The first-order valence-electron chi connectivity index (χ1n) is 5.98. The van der Waals surface area contributed by atoms with Gasteiger partial charge in [0.2, 0.25) is 5.91 Å². The van der Waals surface area contributed by atoms with Crippen LogP contribution in [0.2, 0.25) is 0 Å². The number of rotatable bonds is 7. The van der Waals surface area contributed by atoms with Crippen molar-refractivity contribution in [1.29, 1.82) is 0 Å². The van der Waals surface area contributed by atoms with Gasteiger partial charge in [0.1, 0.15) is 5.82 Å². The maximum Gasteiger partial charge on any atom is 0.224 e. The molecule has 1 atom stereocenters. The Morgan fingerprint density at radius 2 is 2.11 bits per heavy atom. The van der Waals surface area contributed by atoms with Crippen LogP contribution in [0, 0.1) is 5.82 Å². The van der Waals surface area contributed by atoms with Crippen molar-refractivity contribution in [2.24, 2.45) is 0 Å². The molecule has 0 bridgehead atoms. The molecule has 1 aromatic carbocycles. The van der Waals surface area contributed by atoms with Crippen LogP contribution in [0.25, 0.3) is 0 Å². The van der Waals surface area contributed by atoms with Crippen LogP contribution in [0.4, 0.5) is 4.39 Å². The van der Waals surface area contributed by atoms with Gasteiger partial charge < -0.3 is 15.7 Å². The van der Waals surface area contributed by atoms with E-state index in [0.717, 1.165) is 0 Å². The second-order valence-corrected chi connectivity index (χ2v) is 4.17. The number of hydrogen-bond donors (Lipinski definition) is 3. The van der Waals surface area contributed by atoms with Crippen LogP contribution in [0.15, 0.2) is 24.3 Å². The molecule has 100 valence electrons. The second-order valence-electron chi connectivity index (χ2n) is 4.17. The van der Waals surface area contributed by atoms with E-state index in [2.05, 4.69) is 10.6 Å². The molecule has 0 fully saturated rings. The minimum absolute atomic E-state index is 0.0447. The number of aliphatic hydroxyl groups is 1. The molecule has 0 aliphatic rings. The Morgan fingerprint density at radius 3 is 2.78 bits per heavy atom.